The molecule has 1 aromatic carbocycles. The van der Waals surface area contributed by atoms with Crippen molar-refractivity contribution < 1.29 is 10.2 Å². The highest BCUT2D eigenvalue weighted by atomic mass is 16.3. The molecule has 0 amide bonds. The Morgan fingerprint density at radius 3 is 2.16 bits per heavy atom. The predicted molar refractivity (Wildman–Crippen MR) is 80.4 cm³/mol. The van der Waals surface area contributed by atoms with Crippen molar-refractivity contribution >= 4 is 0 Å². The summed E-state index contributed by atoms with van der Waals surface area (Å²) in [6.07, 6.45) is 3.58. The third-order valence-corrected chi connectivity index (χ3v) is 3.83. The zero-order valence-corrected chi connectivity index (χ0v) is 12.5. The van der Waals surface area contributed by atoms with Gasteiger partial charge in [0.1, 0.15) is 0 Å². The largest absolute Gasteiger partial charge is 0.390 e. The standard InChI is InChI=1S/C17H28O2/c1-4-6-7-14-8-10-15(11-9-14)13(3)12-17(19)16(18)5-2/h8-11,13,16-19H,4-7,12H2,1-3H3. The molecule has 108 valence electrons. The molecule has 2 N–H and O–H groups in total. The molecule has 0 saturated heterocycles. The van der Waals surface area contributed by atoms with Crippen LogP contribution in [0.1, 0.15) is 63.5 Å². The van der Waals surface area contributed by atoms with Crippen LogP contribution in [0.4, 0.5) is 0 Å². The molecule has 2 nitrogen and oxygen atoms in total. The molecule has 19 heavy (non-hydrogen) atoms. The van der Waals surface area contributed by atoms with E-state index in [1.165, 1.54) is 24.0 Å². The fourth-order valence-electron chi connectivity index (χ4n) is 2.32. The number of benzene rings is 1. The van der Waals surface area contributed by atoms with Crippen LogP contribution in [0.25, 0.3) is 0 Å². The molecular formula is C17H28O2. The van der Waals surface area contributed by atoms with Crippen LogP contribution >= 0.6 is 0 Å². The first-order valence-electron chi connectivity index (χ1n) is 7.53. The average molecular weight is 264 g/mol. The molecule has 2 heteroatoms. The van der Waals surface area contributed by atoms with Crippen molar-refractivity contribution in [2.45, 2.75) is 71.0 Å². The second-order valence-electron chi connectivity index (χ2n) is 5.52. The van der Waals surface area contributed by atoms with Crippen molar-refractivity contribution in [2.75, 3.05) is 0 Å². The lowest BCUT2D eigenvalue weighted by molar-refractivity contribution is 0.00953. The number of hydrogen-bond acceptors (Lipinski definition) is 2. The molecular weight excluding hydrogens is 236 g/mol. The summed E-state index contributed by atoms with van der Waals surface area (Å²) < 4.78 is 0. The summed E-state index contributed by atoms with van der Waals surface area (Å²) in [6, 6.07) is 8.68. The summed E-state index contributed by atoms with van der Waals surface area (Å²) in [6.45, 7) is 6.20. The van der Waals surface area contributed by atoms with E-state index in [4.69, 9.17) is 0 Å². The first kappa shape index (κ1) is 16.2. The van der Waals surface area contributed by atoms with E-state index in [9.17, 15) is 10.2 Å². The fourth-order valence-corrected chi connectivity index (χ4v) is 2.32. The Bertz CT molecular complexity index is 345. The molecule has 0 aromatic heterocycles. The van der Waals surface area contributed by atoms with Crippen LogP contribution < -0.4 is 0 Å². The zero-order chi connectivity index (χ0) is 14.3. The first-order chi connectivity index (χ1) is 9.08. The zero-order valence-electron chi connectivity index (χ0n) is 12.5. The van der Waals surface area contributed by atoms with Crippen LogP contribution in [0.5, 0.6) is 0 Å². The van der Waals surface area contributed by atoms with E-state index >= 15 is 0 Å². The van der Waals surface area contributed by atoms with Crippen molar-refractivity contribution in [3.8, 4) is 0 Å². The molecule has 0 heterocycles. The number of aliphatic hydroxyl groups excluding tert-OH is 2. The van der Waals surface area contributed by atoms with Crippen LogP contribution in [-0.4, -0.2) is 22.4 Å². The van der Waals surface area contributed by atoms with Crippen LogP contribution in [0, 0.1) is 0 Å². The number of aryl methyl sites for hydroxylation is 1. The van der Waals surface area contributed by atoms with Crippen LogP contribution in [0.3, 0.4) is 0 Å². The van der Waals surface area contributed by atoms with Gasteiger partial charge < -0.3 is 10.2 Å². The second-order valence-corrected chi connectivity index (χ2v) is 5.52. The van der Waals surface area contributed by atoms with Gasteiger partial charge >= 0.3 is 0 Å². The Kier molecular flexibility index (Phi) is 7.11. The molecule has 0 aliphatic rings. The van der Waals surface area contributed by atoms with E-state index in [1.54, 1.807) is 0 Å². The number of aliphatic hydroxyl groups is 2. The van der Waals surface area contributed by atoms with Gasteiger partial charge in [-0.2, -0.15) is 0 Å². The van der Waals surface area contributed by atoms with Gasteiger partial charge in [-0.15, -0.1) is 0 Å². The van der Waals surface area contributed by atoms with Crippen molar-refractivity contribution in [3.05, 3.63) is 35.4 Å². The van der Waals surface area contributed by atoms with Crippen molar-refractivity contribution in [1.29, 1.82) is 0 Å². The second kappa shape index (κ2) is 8.34. The topological polar surface area (TPSA) is 40.5 Å². The monoisotopic (exact) mass is 264 g/mol. The minimum Gasteiger partial charge on any atom is -0.390 e. The van der Waals surface area contributed by atoms with Gasteiger partial charge in [-0.25, -0.2) is 0 Å². The summed E-state index contributed by atoms with van der Waals surface area (Å²) in [4.78, 5) is 0. The molecule has 1 rings (SSSR count). The van der Waals surface area contributed by atoms with E-state index < -0.39 is 12.2 Å². The van der Waals surface area contributed by atoms with Gasteiger partial charge in [-0.05, 0) is 42.7 Å². The van der Waals surface area contributed by atoms with Gasteiger partial charge in [-0.3, -0.25) is 0 Å². The molecule has 0 aliphatic heterocycles. The lowest BCUT2D eigenvalue weighted by Gasteiger charge is -2.20. The molecule has 0 radical (unpaired) electrons. The lowest BCUT2D eigenvalue weighted by atomic mass is 9.91. The average Bonchev–Trinajstić information content (AvgIpc) is 2.44. The molecule has 3 unspecified atom stereocenters. The van der Waals surface area contributed by atoms with Crippen molar-refractivity contribution in [2.24, 2.45) is 0 Å². The molecule has 0 aliphatic carbocycles. The van der Waals surface area contributed by atoms with Gasteiger partial charge in [0.25, 0.3) is 0 Å². The quantitative estimate of drug-likeness (QED) is 0.752. The molecule has 0 saturated carbocycles. The molecule has 1 aromatic rings. The Hall–Kier alpha value is -0.860. The third kappa shape index (κ3) is 5.33. The third-order valence-electron chi connectivity index (χ3n) is 3.83. The number of hydrogen-bond donors (Lipinski definition) is 2. The van der Waals surface area contributed by atoms with Gasteiger partial charge in [0.15, 0.2) is 0 Å². The lowest BCUT2D eigenvalue weighted by Crippen LogP contribution is -2.26. The first-order valence-corrected chi connectivity index (χ1v) is 7.53. The maximum atomic E-state index is 9.87. The normalized spacial score (nSPS) is 16.1. The smallest absolute Gasteiger partial charge is 0.0804 e. The predicted octanol–water partition coefficient (Wildman–Crippen LogP) is 3.65. The van der Waals surface area contributed by atoms with E-state index in [2.05, 4.69) is 38.1 Å². The molecule has 0 bridgehead atoms. The van der Waals surface area contributed by atoms with Crippen LogP contribution in [0.2, 0.25) is 0 Å². The highest BCUT2D eigenvalue weighted by Crippen LogP contribution is 2.23. The van der Waals surface area contributed by atoms with E-state index in [0.717, 1.165) is 6.42 Å². The van der Waals surface area contributed by atoms with Gasteiger partial charge in [-0.1, -0.05) is 51.5 Å². The SMILES string of the molecule is CCCCc1ccc(C(C)CC(O)C(O)CC)cc1. The van der Waals surface area contributed by atoms with E-state index in [-0.39, 0.29) is 5.92 Å². The van der Waals surface area contributed by atoms with Gasteiger partial charge in [0.05, 0.1) is 12.2 Å². The van der Waals surface area contributed by atoms with Crippen molar-refractivity contribution in [3.63, 3.8) is 0 Å². The highest BCUT2D eigenvalue weighted by molar-refractivity contribution is 5.25. The Balaban J connectivity index is 2.55. The summed E-state index contributed by atoms with van der Waals surface area (Å²) >= 11 is 0. The summed E-state index contributed by atoms with van der Waals surface area (Å²) in [5.74, 6) is 0.274. The summed E-state index contributed by atoms with van der Waals surface area (Å²) in [5, 5.41) is 19.5. The Morgan fingerprint density at radius 2 is 1.63 bits per heavy atom. The van der Waals surface area contributed by atoms with Crippen LogP contribution in [-0.2, 0) is 6.42 Å². The Morgan fingerprint density at radius 1 is 1.00 bits per heavy atom. The maximum absolute atomic E-state index is 9.87. The highest BCUT2D eigenvalue weighted by Gasteiger charge is 2.18. The fraction of sp³-hybridized carbons (Fsp3) is 0.647. The van der Waals surface area contributed by atoms with Gasteiger partial charge in [0, 0.05) is 0 Å². The minimum atomic E-state index is -0.625. The number of rotatable bonds is 8. The van der Waals surface area contributed by atoms with E-state index in [0.29, 0.717) is 12.8 Å². The maximum Gasteiger partial charge on any atom is 0.0804 e. The van der Waals surface area contributed by atoms with Crippen molar-refractivity contribution in [1.82, 2.24) is 0 Å². The molecule has 3 atom stereocenters. The van der Waals surface area contributed by atoms with Gasteiger partial charge in [0.2, 0.25) is 0 Å². The number of unbranched alkanes of at least 4 members (excludes halogenated alkanes) is 1. The summed E-state index contributed by atoms with van der Waals surface area (Å²) in [7, 11) is 0. The van der Waals surface area contributed by atoms with E-state index in [1.807, 2.05) is 6.92 Å². The Labute approximate surface area is 117 Å². The summed E-state index contributed by atoms with van der Waals surface area (Å²) in [5.41, 5.74) is 2.62. The molecule has 0 spiro atoms. The van der Waals surface area contributed by atoms with Crippen LogP contribution in [0.15, 0.2) is 24.3 Å². The minimum absolute atomic E-state index is 0.274. The molecule has 0 fully saturated rings.